The second-order valence-electron chi connectivity index (χ2n) is 6.75. The second-order valence-corrected chi connectivity index (χ2v) is 8.61. The molecule has 0 saturated carbocycles. The molecule has 0 spiro atoms. The number of benzene rings is 1. The molecule has 2 rings (SSSR count). The lowest BCUT2D eigenvalue weighted by Gasteiger charge is -2.33. The fourth-order valence-corrected chi connectivity index (χ4v) is 4.31. The molecular formula is C18H29N3O4S. The Bertz CT molecular complexity index is 698. The first-order valence-electron chi connectivity index (χ1n) is 8.93. The fraction of sp³-hybridized carbons (Fsp3) is 0.611. The van der Waals surface area contributed by atoms with Crippen LogP contribution in [-0.4, -0.2) is 64.3 Å². The molecule has 0 bridgehead atoms. The van der Waals surface area contributed by atoms with Crippen molar-refractivity contribution in [2.75, 3.05) is 37.3 Å². The average molecular weight is 384 g/mol. The Balaban J connectivity index is 2.14. The first kappa shape index (κ1) is 20.5. The Morgan fingerprint density at radius 1 is 1.31 bits per heavy atom. The highest BCUT2D eigenvalue weighted by molar-refractivity contribution is 7.92. The van der Waals surface area contributed by atoms with Crippen molar-refractivity contribution >= 4 is 21.6 Å². The Morgan fingerprint density at radius 2 is 1.88 bits per heavy atom. The zero-order valence-corrected chi connectivity index (χ0v) is 16.8. The van der Waals surface area contributed by atoms with E-state index in [-0.39, 0.29) is 11.9 Å². The molecule has 1 heterocycles. The molecule has 0 aliphatic carbocycles. The molecule has 26 heavy (non-hydrogen) atoms. The summed E-state index contributed by atoms with van der Waals surface area (Å²) in [5.41, 5.74) is 0.446. The standard InChI is InChI=1S/C18H29N3O4S/c1-5-25-17-8-6-16(7-9-17)21(26(4,23)24)14(2)18(22)19-15-10-12-20(3)13-11-15/h6-9,14-15H,5,10-13H2,1-4H3,(H,19,22). The molecule has 146 valence electrons. The normalized spacial score (nSPS) is 17.5. The molecule has 1 aromatic rings. The number of hydrogen-bond acceptors (Lipinski definition) is 5. The van der Waals surface area contributed by atoms with Gasteiger partial charge in [-0.25, -0.2) is 8.42 Å². The molecule has 0 radical (unpaired) electrons. The second kappa shape index (κ2) is 8.73. The van der Waals surface area contributed by atoms with Crippen LogP contribution in [0, 0.1) is 0 Å². The first-order chi connectivity index (χ1) is 12.2. The summed E-state index contributed by atoms with van der Waals surface area (Å²) in [6.45, 7) is 5.88. The summed E-state index contributed by atoms with van der Waals surface area (Å²) in [5, 5.41) is 3.00. The van der Waals surface area contributed by atoms with Gasteiger partial charge in [0.1, 0.15) is 11.8 Å². The van der Waals surface area contributed by atoms with Crippen LogP contribution in [0.3, 0.4) is 0 Å². The maximum Gasteiger partial charge on any atom is 0.243 e. The zero-order chi connectivity index (χ0) is 19.3. The van der Waals surface area contributed by atoms with E-state index in [1.165, 1.54) is 0 Å². The number of hydrogen-bond donors (Lipinski definition) is 1. The van der Waals surface area contributed by atoms with Gasteiger partial charge in [0.2, 0.25) is 15.9 Å². The van der Waals surface area contributed by atoms with Gasteiger partial charge in [-0.05, 0) is 71.1 Å². The largest absolute Gasteiger partial charge is 0.494 e. The van der Waals surface area contributed by atoms with Crippen molar-refractivity contribution < 1.29 is 17.9 Å². The molecule has 1 aliphatic heterocycles. The highest BCUT2D eigenvalue weighted by Crippen LogP contribution is 2.24. The van der Waals surface area contributed by atoms with Gasteiger partial charge in [0.25, 0.3) is 0 Å². The number of ether oxygens (including phenoxy) is 1. The van der Waals surface area contributed by atoms with Crippen LogP contribution in [0.2, 0.25) is 0 Å². The van der Waals surface area contributed by atoms with Gasteiger partial charge in [-0.15, -0.1) is 0 Å². The number of nitrogens with zero attached hydrogens (tertiary/aromatic N) is 2. The smallest absolute Gasteiger partial charge is 0.243 e. The minimum atomic E-state index is -3.61. The minimum absolute atomic E-state index is 0.0860. The minimum Gasteiger partial charge on any atom is -0.494 e. The molecule has 8 heteroatoms. The van der Waals surface area contributed by atoms with Gasteiger partial charge < -0.3 is 15.0 Å². The number of amides is 1. The van der Waals surface area contributed by atoms with Crippen LogP contribution >= 0.6 is 0 Å². The lowest BCUT2D eigenvalue weighted by atomic mass is 10.1. The summed E-state index contributed by atoms with van der Waals surface area (Å²) >= 11 is 0. The third kappa shape index (κ3) is 5.35. The van der Waals surface area contributed by atoms with Crippen molar-refractivity contribution in [3.05, 3.63) is 24.3 Å². The molecule has 1 unspecified atom stereocenters. The highest BCUT2D eigenvalue weighted by atomic mass is 32.2. The van der Waals surface area contributed by atoms with Gasteiger partial charge in [0.15, 0.2) is 0 Å². The topological polar surface area (TPSA) is 79.0 Å². The summed E-state index contributed by atoms with van der Waals surface area (Å²) in [6.07, 6.45) is 2.86. The molecule has 1 fully saturated rings. The molecule has 1 aromatic carbocycles. The van der Waals surface area contributed by atoms with E-state index in [1.807, 2.05) is 6.92 Å². The van der Waals surface area contributed by atoms with Gasteiger partial charge in [-0.3, -0.25) is 9.10 Å². The van der Waals surface area contributed by atoms with Gasteiger partial charge >= 0.3 is 0 Å². The predicted octanol–water partition coefficient (Wildman–Crippen LogP) is 1.45. The molecule has 7 nitrogen and oxygen atoms in total. The lowest BCUT2D eigenvalue weighted by molar-refractivity contribution is -0.122. The van der Waals surface area contributed by atoms with E-state index in [0.717, 1.165) is 36.5 Å². The van der Waals surface area contributed by atoms with Crippen LogP contribution in [0.4, 0.5) is 5.69 Å². The van der Waals surface area contributed by atoms with E-state index < -0.39 is 16.1 Å². The van der Waals surface area contributed by atoms with Crippen molar-refractivity contribution in [2.45, 2.75) is 38.8 Å². The van der Waals surface area contributed by atoms with Crippen molar-refractivity contribution in [3.63, 3.8) is 0 Å². The Hall–Kier alpha value is -1.80. The van der Waals surface area contributed by atoms with Crippen molar-refractivity contribution in [3.8, 4) is 5.75 Å². The number of likely N-dealkylation sites (tertiary alicyclic amines) is 1. The van der Waals surface area contributed by atoms with E-state index in [0.29, 0.717) is 18.0 Å². The third-order valence-electron chi connectivity index (χ3n) is 4.56. The number of sulfonamides is 1. The molecule has 1 atom stereocenters. The summed E-state index contributed by atoms with van der Waals surface area (Å²) < 4.78 is 31.2. The number of nitrogens with one attached hydrogen (secondary N) is 1. The van der Waals surface area contributed by atoms with E-state index >= 15 is 0 Å². The first-order valence-corrected chi connectivity index (χ1v) is 10.8. The zero-order valence-electron chi connectivity index (χ0n) is 15.9. The monoisotopic (exact) mass is 383 g/mol. The van der Waals surface area contributed by atoms with Crippen LogP contribution in [0.25, 0.3) is 0 Å². The summed E-state index contributed by atoms with van der Waals surface area (Å²) in [6, 6.07) is 5.99. The van der Waals surface area contributed by atoms with Gasteiger partial charge in [-0.2, -0.15) is 0 Å². The van der Waals surface area contributed by atoms with Crippen LogP contribution in [0.5, 0.6) is 5.75 Å². The third-order valence-corrected chi connectivity index (χ3v) is 5.80. The molecule has 1 aliphatic rings. The van der Waals surface area contributed by atoms with Crippen LogP contribution in [-0.2, 0) is 14.8 Å². The van der Waals surface area contributed by atoms with Crippen molar-refractivity contribution in [1.82, 2.24) is 10.2 Å². The molecule has 0 aromatic heterocycles. The summed E-state index contributed by atoms with van der Waals surface area (Å²) in [4.78, 5) is 14.9. The summed E-state index contributed by atoms with van der Waals surface area (Å²) in [5.74, 6) is 0.381. The van der Waals surface area contributed by atoms with Crippen LogP contribution in [0.1, 0.15) is 26.7 Å². The van der Waals surface area contributed by atoms with Crippen LogP contribution < -0.4 is 14.4 Å². The maximum atomic E-state index is 12.7. The molecule has 1 saturated heterocycles. The van der Waals surface area contributed by atoms with Gasteiger partial charge in [-0.1, -0.05) is 0 Å². The van der Waals surface area contributed by atoms with E-state index in [9.17, 15) is 13.2 Å². The van der Waals surface area contributed by atoms with E-state index in [2.05, 4.69) is 17.3 Å². The van der Waals surface area contributed by atoms with Crippen molar-refractivity contribution in [2.24, 2.45) is 0 Å². The lowest BCUT2D eigenvalue weighted by Crippen LogP contribution is -2.52. The SMILES string of the molecule is CCOc1ccc(N(C(C)C(=O)NC2CCN(C)CC2)S(C)(=O)=O)cc1. The molecular weight excluding hydrogens is 354 g/mol. The quantitative estimate of drug-likeness (QED) is 0.771. The Kier molecular flexibility index (Phi) is 6.88. The maximum absolute atomic E-state index is 12.7. The number of carbonyl (C=O) groups is 1. The van der Waals surface area contributed by atoms with Crippen LogP contribution in [0.15, 0.2) is 24.3 Å². The fourth-order valence-electron chi connectivity index (χ4n) is 3.14. The van der Waals surface area contributed by atoms with Crippen molar-refractivity contribution in [1.29, 1.82) is 0 Å². The Labute approximate surface area is 156 Å². The Morgan fingerprint density at radius 3 is 2.38 bits per heavy atom. The van der Waals surface area contributed by atoms with E-state index in [4.69, 9.17) is 4.74 Å². The average Bonchev–Trinajstić information content (AvgIpc) is 2.57. The highest BCUT2D eigenvalue weighted by Gasteiger charge is 2.30. The van der Waals surface area contributed by atoms with E-state index in [1.54, 1.807) is 31.2 Å². The molecule has 1 N–H and O–H groups in total. The predicted molar refractivity (Wildman–Crippen MR) is 103 cm³/mol. The summed E-state index contributed by atoms with van der Waals surface area (Å²) in [7, 11) is -1.56. The molecule has 1 amide bonds. The number of rotatable bonds is 7. The number of piperidine rings is 1. The number of carbonyl (C=O) groups excluding carboxylic acids is 1. The van der Waals surface area contributed by atoms with Gasteiger partial charge in [0, 0.05) is 6.04 Å². The number of anilines is 1. The van der Waals surface area contributed by atoms with Gasteiger partial charge in [0.05, 0.1) is 18.6 Å².